The maximum absolute atomic E-state index is 13.6. The van der Waals surface area contributed by atoms with Crippen molar-refractivity contribution in [3.8, 4) is 0 Å². The Morgan fingerprint density at radius 1 is 0.871 bits per heavy atom. The number of nitrogens with one attached hydrogen (secondary N) is 2. The predicted octanol–water partition coefficient (Wildman–Crippen LogP) is 6.37. The fourth-order valence-corrected chi connectivity index (χ4v) is 4.66. The van der Waals surface area contributed by atoms with Gasteiger partial charge in [0.15, 0.2) is 5.78 Å². The average Bonchev–Trinajstić information content (AvgIpc) is 2.96. The van der Waals surface area contributed by atoms with E-state index in [0.29, 0.717) is 6.42 Å². The second-order valence-electron chi connectivity index (χ2n) is 8.32. The van der Waals surface area contributed by atoms with Gasteiger partial charge in [0.25, 0.3) is 0 Å². The van der Waals surface area contributed by atoms with Gasteiger partial charge in [-0.3, -0.25) is 4.79 Å². The van der Waals surface area contributed by atoms with Gasteiger partial charge in [-0.1, -0.05) is 55.5 Å². The van der Waals surface area contributed by atoms with Gasteiger partial charge in [0, 0.05) is 17.7 Å². The molecule has 1 heterocycles. The Kier molecular flexibility index (Phi) is 5.06. The van der Waals surface area contributed by atoms with Crippen molar-refractivity contribution in [2.75, 3.05) is 10.6 Å². The quantitative estimate of drug-likeness (QED) is 0.525. The number of aryl methyl sites for hydroxylation is 1. The lowest BCUT2D eigenvalue weighted by molar-refractivity contribution is -0.116. The lowest BCUT2D eigenvalue weighted by Gasteiger charge is -2.30. The second-order valence-corrected chi connectivity index (χ2v) is 8.32. The summed E-state index contributed by atoms with van der Waals surface area (Å²) >= 11 is 0. The summed E-state index contributed by atoms with van der Waals surface area (Å²) in [6.45, 7) is 2.14. The number of anilines is 2. The molecular weight excluding hydrogens is 387 g/mol. The highest BCUT2D eigenvalue weighted by atomic mass is 19.1. The van der Waals surface area contributed by atoms with Crippen LogP contribution in [0.5, 0.6) is 0 Å². The third-order valence-corrected chi connectivity index (χ3v) is 6.37. The monoisotopic (exact) mass is 412 g/mol. The molecule has 3 nitrogen and oxygen atoms in total. The van der Waals surface area contributed by atoms with Crippen molar-refractivity contribution in [2.24, 2.45) is 0 Å². The van der Waals surface area contributed by atoms with Crippen molar-refractivity contribution in [3.05, 3.63) is 107 Å². The van der Waals surface area contributed by atoms with Crippen molar-refractivity contribution in [3.63, 3.8) is 0 Å². The van der Waals surface area contributed by atoms with Crippen molar-refractivity contribution in [2.45, 2.75) is 38.1 Å². The number of hydrogen-bond acceptors (Lipinski definition) is 3. The SMILES string of the molecule is CCc1ccc(C2CC(=O)C3=C(C2)Nc2ccccc2NC3c2ccc(F)cc2)cc1. The summed E-state index contributed by atoms with van der Waals surface area (Å²) in [5, 5.41) is 7.08. The van der Waals surface area contributed by atoms with Gasteiger partial charge in [0.2, 0.25) is 0 Å². The maximum atomic E-state index is 13.6. The van der Waals surface area contributed by atoms with E-state index in [1.165, 1.54) is 23.3 Å². The number of benzene rings is 3. The second kappa shape index (κ2) is 8.03. The largest absolute Gasteiger partial charge is 0.372 e. The lowest BCUT2D eigenvalue weighted by Crippen LogP contribution is -2.26. The number of ketones is 1. The molecule has 0 amide bonds. The molecule has 1 aliphatic heterocycles. The van der Waals surface area contributed by atoms with E-state index in [1.807, 2.05) is 24.3 Å². The number of Topliss-reactive ketones (excluding diaryl/α,β-unsaturated/α-hetero) is 1. The van der Waals surface area contributed by atoms with Crippen LogP contribution in [-0.2, 0) is 11.2 Å². The molecule has 2 N–H and O–H groups in total. The molecule has 0 aromatic heterocycles. The van der Waals surface area contributed by atoms with Crippen LogP contribution >= 0.6 is 0 Å². The molecule has 0 saturated heterocycles. The van der Waals surface area contributed by atoms with E-state index in [-0.39, 0.29) is 23.6 Å². The van der Waals surface area contributed by atoms with Crippen LogP contribution in [0.15, 0.2) is 84.1 Å². The van der Waals surface area contributed by atoms with E-state index in [1.54, 1.807) is 12.1 Å². The van der Waals surface area contributed by atoms with Crippen molar-refractivity contribution in [1.29, 1.82) is 0 Å². The normalized spacial score (nSPS) is 20.3. The Morgan fingerprint density at radius 2 is 1.55 bits per heavy atom. The molecule has 156 valence electrons. The summed E-state index contributed by atoms with van der Waals surface area (Å²) in [4.78, 5) is 13.5. The number of rotatable bonds is 3. The predicted molar refractivity (Wildman–Crippen MR) is 123 cm³/mol. The minimum atomic E-state index is -0.317. The molecule has 4 heteroatoms. The number of allylic oxidation sites excluding steroid dienone is 1. The molecule has 3 aromatic rings. The highest BCUT2D eigenvalue weighted by Crippen LogP contribution is 2.44. The molecule has 2 atom stereocenters. The van der Waals surface area contributed by atoms with E-state index >= 15 is 0 Å². The van der Waals surface area contributed by atoms with Gasteiger partial charge in [-0.2, -0.15) is 0 Å². The maximum Gasteiger partial charge on any atom is 0.163 e. The van der Waals surface area contributed by atoms with Gasteiger partial charge >= 0.3 is 0 Å². The Morgan fingerprint density at radius 3 is 2.26 bits per heavy atom. The summed E-state index contributed by atoms with van der Waals surface area (Å²) in [5.74, 6) is -0.00704. The first-order chi connectivity index (χ1) is 15.1. The average molecular weight is 413 g/mol. The van der Waals surface area contributed by atoms with Gasteiger partial charge in [0.05, 0.1) is 17.4 Å². The van der Waals surface area contributed by atoms with Gasteiger partial charge in [-0.25, -0.2) is 4.39 Å². The Labute approximate surface area is 182 Å². The molecule has 1 aliphatic carbocycles. The Bertz CT molecular complexity index is 1150. The lowest BCUT2D eigenvalue weighted by atomic mass is 9.78. The van der Waals surface area contributed by atoms with E-state index in [9.17, 15) is 9.18 Å². The zero-order valence-electron chi connectivity index (χ0n) is 17.5. The number of carbonyl (C=O) groups is 1. The first kappa shape index (κ1) is 19.6. The molecule has 0 spiro atoms. The van der Waals surface area contributed by atoms with E-state index in [2.05, 4.69) is 41.8 Å². The number of hydrogen-bond donors (Lipinski definition) is 2. The van der Waals surface area contributed by atoms with Gasteiger partial charge in [0.1, 0.15) is 5.82 Å². The number of halogens is 1. The summed E-state index contributed by atoms with van der Waals surface area (Å²) in [6.07, 6.45) is 2.24. The zero-order valence-corrected chi connectivity index (χ0v) is 17.5. The standard InChI is InChI=1S/C27H25FN2O/c1-2-17-7-9-18(10-8-17)20-15-24-26(25(31)16-20)27(19-11-13-21(28)14-12-19)30-23-6-4-3-5-22(23)29-24/h3-14,20,27,29-30H,2,15-16H2,1H3. The third-order valence-electron chi connectivity index (χ3n) is 6.37. The molecule has 31 heavy (non-hydrogen) atoms. The van der Waals surface area contributed by atoms with E-state index in [4.69, 9.17) is 0 Å². The smallest absolute Gasteiger partial charge is 0.163 e. The number of fused-ring (bicyclic) bond motifs is 1. The summed E-state index contributed by atoms with van der Waals surface area (Å²) in [5.41, 5.74) is 6.97. The Hall–Kier alpha value is -3.40. The molecule has 5 rings (SSSR count). The molecule has 0 bridgehead atoms. The van der Waals surface area contributed by atoms with Gasteiger partial charge in [-0.15, -0.1) is 0 Å². The highest BCUT2D eigenvalue weighted by molar-refractivity contribution is 6.01. The van der Waals surface area contributed by atoms with Crippen molar-refractivity contribution >= 4 is 17.2 Å². The summed E-state index contributed by atoms with van der Waals surface area (Å²) in [6, 6.07) is 22.7. The van der Waals surface area contributed by atoms with Crippen LogP contribution in [0.4, 0.5) is 15.8 Å². The van der Waals surface area contributed by atoms with Crippen LogP contribution in [0.2, 0.25) is 0 Å². The zero-order chi connectivity index (χ0) is 21.4. The first-order valence-electron chi connectivity index (χ1n) is 10.9. The van der Waals surface area contributed by atoms with Crippen LogP contribution in [-0.4, -0.2) is 5.78 Å². The highest BCUT2D eigenvalue weighted by Gasteiger charge is 2.36. The minimum Gasteiger partial charge on any atom is -0.372 e. The van der Waals surface area contributed by atoms with E-state index < -0.39 is 0 Å². The van der Waals surface area contributed by atoms with Gasteiger partial charge < -0.3 is 10.6 Å². The first-order valence-corrected chi connectivity index (χ1v) is 10.9. The molecule has 2 unspecified atom stereocenters. The fourth-order valence-electron chi connectivity index (χ4n) is 4.66. The third kappa shape index (κ3) is 3.74. The molecule has 3 aromatic carbocycles. The molecule has 0 radical (unpaired) electrons. The molecule has 0 saturated carbocycles. The van der Waals surface area contributed by atoms with Gasteiger partial charge in [-0.05, 0) is 59.7 Å². The van der Waals surface area contributed by atoms with Crippen LogP contribution in [0.1, 0.15) is 48.4 Å². The van der Waals surface area contributed by atoms with E-state index in [0.717, 1.165) is 41.1 Å². The van der Waals surface area contributed by atoms with Crippen molar-refractivity contribution < 1.29 is 9.18 Å². The molecule has 0 fully saturated rings. The molecule has 2 aliphatic rings. The van der Waals surface area contributed by atoms with Crippen molar-refractivity contribution in [1.82, 2.24) is 0 Å². The Balaban J connectivity index is 1.57. The van der Waals surface area contributed by atoms with Crippen LogP contribution in [0.3, 0.4) is 0 Å². The summed E-state index contributed by atoms with van der Waals surface area (Å²) in [7, 11) is 0. The minimum absolute atomic E-state index is 0.132. The number of para-hydroxylation sites is 2. The van der Waals surface area contributed by atoms with Crippen LogP contribution in [0, 0.1) is 5.82 Å². The summed E-state index contributed by atoms with van der Waals surface area (Å²) < 4.78 is 13.6. The topological polar surface area (TPSA) is 41.1 Å². The van der Waals surface area contributed by atoms with Crippen LogP contribution in [0.25, 0.3) is 0 Å². The van der Waals surface area contributed by atoms with Crippen LogP contribution < -0.4 is 10.6 Å². The number of carbonyl (C=O) groups excluding carboxylic acids is 1. The molecular formula is C27H25FN2O. The fraction of sp³-hybridized carbons (Fsp3) is 0.222.